The lowest BCUT2D eigenvalue weighted by Crippen LogP contribution is -2.34. The standard InChI is InChI=1S/C20H21N3O4S/c24-19-10-14-28(26,27)23(19)17-7-5-16(6-8-17)20(25)21-11-13-22-12-9-15-3-1-2-4-18(15)22/h1-8H,9-14H2,(H,21,25). The molecule has 7 nitrogen and oxygen atoms in total. The number of hydrogen-bond acceptors (Lipinski definition) is 5. The minimum Gasteiger partial charge on any atom is -0.369 e. The van der Waals surface area contributed by atoms with Crippen molar-refractivity contribution in [2.75, 3.05) is 34.6 Å². The highest BCUT2D eigenvalue weighted by Crippen LogP contribution is 2.27. The molecule has 2 aliphatic heterocycles. The summed E-state index contributed by atoms with van der Waals surface area (Å²) < 4.78 is 24.8. The molecule has 0 bridgehead atoms. The Bertz CT molecular complexity index is 1020. The molecule has 0 radical (unpaired) electrons. The van der Waals surface area contributed by atoms with Gasteiger partial charge in [0.25, 0.3) is 5.91 Å². The van der Waals surface area contributed by atoms with Gasteiger partial charge < -0.3 is 10.2 Å². The second kappa shape index (κ2) is 7.27. The number of rotatable bonds is 5. The number of carbonyl (C=O) groups is 2. The maximum absolute atomic E-state index is 12.4. The summed E-state index contributed by atoms with van der Waals surface area (Å²) >= 11 is 0. The Balaban J connectivity index is 1.35. The van der Waals surface area contributed by atoms with Gasteiger partial charge in [0.05, 0.1) is 11.4 Å². The zero-order chi connectivity index (χ0) is 19.7. The average Bonchev–Trinajstić information content (AvgIpc) is 3.22. The van der Waals surface area contributed by atoms with E-state index in [1.807, 2.05) is 12.1 Å². The van der Waals surface area contributed by atoms with Crippen LogP contribution in [0.5, 0.6) is 0 Å². The number of nitrogens with zero attached hydrogens (tertiary/aromatic N) is 2. The molecule has 1 N–H and O–H groups in total. The monoisotopic (exact) mass is 399 g/mol. The Morgan fingerprint density at radius 1 is 1.04 bits per heavy atom. The van der Waals surface area contributed by atoms with Gasteiger partial charge in [-0.05, 0) is 42.3 Å². The van der Waals surface area contributed by atoms with Crippen LogP contribution < -0.4 is 14.5 Å². The molecule has 1 fully saturated rings. The topological polar surface area (TPSA) is 86.8 Å². The van der Waals surface area contributed by atoms with E-state index in [0.29, 0.717) is 12.1 Å². The highest BCUT2D eigenvalue weighted by Gasteiger charge is 2.36. The predicted molar refractivity (Wildman–Crippen MR) is 107 cm³/mol. The number of hydrogen-bond donors (Lipinski definition) is 1. The van der Waals surface area contributed by atoms with E-state index in [4.69, 9.17) is 0 Å². The quantitative estimate of drug-likeness (QED) is 0.824. The summed E-state index contributed by atoms with van der Waals surface area (Å²) in [6.07, 6.45) is 1.01. The molecule has 0 saturated carbocycles. The fourth-order valence-electron chi connectivity index (χ4n) is 3.66. The van der Waals surface area contributed by atoms with Gasteiger partial charge in [-0.1, -0.05) is 18.2 Å². The summed E-state index contributed by atoms with van der Waals surface area (Å²) in [5.41, 5.74) is 3.25. The lowest BCUT2D eigenvalue weighted by atomic mass is 10.2. The molecule has 0 atom stereocenters. The molecule has 2 amide bonds. The number of sulfonamides is 1. The van der Waals surface area contributed by atoms with Gasteiger partial charge in [0.15, 0.2) is 0 Å². The van der Waals surface area contributed by atoms with Gasteiger partial charge in [-0.15, -0.1) is 0 Å². The van der Waals surface area contributed by atoms with Gasteiger partial charge in [0, 0.05) is 37.3 Å². The Morgan fingerprint density at radius 2 is 1.79 bits per heavy atom. The van der Waals surface area contributed by atoms with Gasteiger partial charge >= 0.3 is 0 Å². The van der Waals surface area contributed by atoms with Gasteiger partial charge in [0.1, 0.15) is 0 Å². The fraction of sp³-hybridized carbons (Fsp3) is 0.300. The zero-order valence-electron chi connectivity index (χ0n) is 15.3. The van der Waals surface area contributed by atoms with Crippen molar-refractivity contribution in [3.05, 3.63) is 59.7 Å². The van der Waals surface area contributed by atoms with Crippen LogP contribution in [0.3, 0.4) is 0 Å². The van der Waals surface area contributed by atoms with E-state index in [9.17, 15) is 18.0 Å². The molecule has 1 saturated heterocycles. The number of anilines is 2. The Kier molecular flexibility index (Phi) is 4.80. The van der Waals surface area contributed by atoms with Crippen molar-refractivity contribution in [3.8, 4) is 0 Å². The van der Waals surface area contributed by atoms with Gasteiger partial charge in [-0.3, -0.25) is 9.59 Å². The van der Waals surface area contributed by atoms with Crippen molar-refractivity contribution < 1.29 is 18.0 Å². The molecule has 0 spiro atoms. The van der Waals surface area contributed by atoms with Crippen LogP contribution in [0, 0.1) is 0 Å². The van der Waals surface area contributed by atoms with Crippen molar-refractivity contribution in [3.63, 3.8) is 0 Å². The maximum Gasteiger partial charge on any atom is 0.251 e. The van der Waals surface area contributed by atoms with Crippen molar-refractivity contribution in [1.29, 1.82) is 0 Å². The summed E-state index contributed by atoms with van der Waals surface area (Å²) in [6.45, 7) is 2.18. The fourth-order valence-corrected chi connectivity index (χ4v) is 5.12. The van der Waals surface area contributed by atoms with Crippen molar-refractivity contribution in [2.45, 2.75) is 12.8 Å². The van der Waals surface area contributed by atoms with Gasteiger partial charge in [0.2, 0.25) is 15.9 Å². The minimum atomic E-state index is -3.59. The highest BCUT2D eigenvalue weighted by molar-refractivity contribution is 7.94. The Morgan fingerprint density at radius 3 is 2.50 bits per heavy atom. The van der Waals surface area contributed by atoms with Crippen molar-refractivity contribution in [2.24, 2.45) is 0 Å². The van der Waals surface area contributed by atoms with Crippen LogP contribution in [0.2, 0.25) is 0 Å². The van der Waals surface area contributed by atoms with E-state index < -0.39 is 15.9 Å². The van der Waals surface area contributed by atoms with E-state index in [1.165, 1.54) is 35.5 Å². The molecule has 2 heterocycles. The lowest BCUT2D eigenvalue weighted by Gasteiger charge is -2.19. The Labute approximate surface area is 164 Å². The van der Waals surface area contributed by atoms with Gasteiger partial charge in [-0.2, -0.15) is 0 Å². The van der Waals surface area contributed by atoms with E-state index >= 15 is 0 Å². The third-order valence-corrected chi connectivity index (χ3v) is 6.78. The van der Waals surface area contributed by atoms with Crippen LogP contribution in [0.25, 0.3) is 0 Å². The largest absolute Gasteiger partial charge is 0.369 e. The molecule has 0 aliphatic carbocycles. The normalized spacial score (nSPS) is 17.6. The number of benzene rings is 2. The van der Waals surface area contributed by atoms with Crippen LogP contribution >= 0.6 is 0 Å². The number of fused-ring (bicyclic) bond motifs is 1. The molecule has 0 aromatic heterocycles. The third-order valence-electron chi connectivity index (χ3n) is 5.09. The van der Waals surface area contributed by atoms with E-state index in [-0.39, 0.29) is 23.8 Å². The number of para-hydroxylation sites is 1. The molecule has 2 aliphatic rings. The molecule has 146 valence electrons. The van der Waals surface area contributed by atoms with Crippen LogP contribution in [-0.4, -0.2) is 45.6 Å². The van der Waals surface area contributed by atoms with Crippen LogP contribution in [0.15, 0.2) is 48.5 Å². The van der Waals surface area contributed by atoms with E-state index in [0.717, 1.165) is 23.8 Å². The molecular weight excluding hydrogens is 378 g/mol. The molecule has 0 unspecified atom stereocenters. The van der Waals surface area contributed by atoms with Crippen LogP contribution in [0.4, 0.5) is 11.4 Å². The first-order valence-electron chi connectivity index (χ1n) is 9.23. The van der Waals surface area contributed by atoms with Crippen LogP contribution in [0.1, 0.15) is 22.3 Å². The van der Waals surface area contributed by atoms with Crippen LogP contribution in [-0.2, 0) is 21.2 Å². The second-order valence-corrected chi connectivity index (χ2v) is 8.83. The zero-order valence-corrected chi connectivity index (χ0v) is 16.1. The summed E-state index contributed by atoms with van der Waals surface area (Å²) in [5, 5.41) is 2.89. The molecule has 2 aromatic rings. The summed E-state index contributed by atoms with van der Waals surface area (Å²) in [5.74, 6) is -0.842. The van der Waals surface area contributed by atoms with E-state index in [1.54, 1.807) is 0 Å². The molecule has 2 aromatic carbocycles. The first kappa shape index (κ1) is 18.5. The smallest absolute Gasteiger partial charge is 0.251 e. The van der Waals surface area contributed by atoms with Gasteiger partial charge in [-0.25, -0.2) is 12.7 Å². The SMILES string of the molecule is O=C(NCCN1CCc2ccccc21)c1ccc(N2C(=O)CCS2(=O)=O)cc1. The van der Waals surface area contributed by atoms with Crippen molar-refractivity contribution in [1.82, 2.24) is 5.32 Å². The van der Waals surface area contributed by atoms with Crippen molar-refractivity contribution >= 4 is 33.2 Å². The Hall–Kier alpha value is -2.87. The summed E-state index contributed by atoms with van der Waals surface area (Å²) in [7, 11) is -3.59. The first-order valence-corrected chi connectivity index (χ1v) is 10.8. The number of amides is 2. The first-order chi connectivity index (χ1) is 13.5. The van der Waals surface area contributed by atoms with E-state index in [2.05, 4.69) is 22.3 Å². The summed E-state index contributed by atoms with van der Waals surface area (Å²) in [4.78, 5) is 26.4. The predicted octanol–water partition coefficient (Wildman–Crippen LogP) is 1.55. The second-order valence-electron chi connectivity index (χ2n) is 6.89. The molecule has 28 heavy (non-hydrogen) atoms. The molecule has 8 heteroatoms. The third kappa shape index (κ3) is 3.47. The summed E-state index contributed by atoms with van der Waals surface area (Å²) in [6, 6.07) is 14.3. The molecular formula is C20H21N3O4S. The average molecular weight is 399 g/mol. The minimum absolute atomic E-state index is 0.00972. The molecule has 4 rings (SSSR count). The number of carbonyl (C=O) groups excluding carboxylic acids is 2. The number of nitrogens with one attached hydrogen (secondary N) is 1. The lowest BCUT2D eigenvalue weighted by molar-refractivity contribution is -0.116. The highest BCUT2D eigenvalue weighted by atomic mass is 32.2. The maximum atomic E-state index is 12.4.